The lowest BCUT2D eigenvalue weighted by Crippen LogP contribution is -2.34. The zero-order chi connectivity index (χ0) is 17.5. The van der Waals surface area contributed by atoms with Gasteiger partial charge in [-0.3, -0.25) is 14.4 Å². The molecule has 0 fully saturated rings. The highest BCUT2D eigenvalue weighted by Gasteiger charge is 2.36. The van der Waals surface area contributed by atoms with Crippen LogP contribution in [0.25, 0.3) is 6.08 Å². The van der Waals surface area contributed by atoms with Crippen molar-refractivity contribution in [3.05, 3.63) is 47.7 Å². The van der Waals surface area contributed by atoms with Crippen molar-refractivity contribution in [3.63, 3.8) is 0 Å². The predicted octanol–water partition coefficient (Wildman–Crippen LogP) is 3.09. The van der Waals surface area contributed by atoms with Gasteiger partial charge >= 0.3 is 5.97 Å². The maximum atomic E-state index is 12.1. The van der Waals surface area contributed by atoms with Crippen molar-refractivity contribution in [2.45, 2.75) is 26.7 Å². The molecule has 0 saturated heterocycles. The SMILES string of the molecule is CCCCOc1ccc(/C=C/C(=O)C2C(=O)C=C(C)OC2=O)cc1. The molecule has 0 amide bonds. The first kappa shape index (κ1) is 17.7. The van der Waals surface area contributed by atoms with Gasteiger partial charge in [-0.2, -0.15) is 0 Å². The van der Waals surface area contributed by atoms with Crippen LogP contribution in [0.4, 0.5) is 0 Å². The minimum atomic E-state index is -1.40. The van der Waals surface area contributed by atoms with E-state index in [1.807, 2.05) is 12.1 Å². The highest BCUT2D eigenvalue weighted by Crippen LogP contribution is 2.17. The van der Waals surface area contributed by atoms with Crippen molar-refractivity contribution in [2.24, 2.45) is 5.92 Å². The Morgan fingerprint density at radius 1 is 1.25 bits per heavy atom. The normalized spacial score (nSPS) is 17.6. The van der Waals surface area contributed by atoms with Crippen LogP contribution in [0.15, 0.2) is 42.2 Å². The summed E-state index contributed by atoms with van der Waals surface area (Å²) in [4.78, 5) is 35.5. The molecule has 126 valence electrons. The molecule has 1 aliphatic heterocycles. The second-order valence-electron chi connectivity index (χ2n) is 5.52. The molecular formula is C19H20O5. The van der Waals surface area contributed by atoms with Crippen molar-refractivity contribution in [3.8, 4) is 5.75 Å². The lowest BCUT2D eigenvalue weighted by molar-refractivity contribution is -0.151. The van der Waals surface area contributed by atoms with E-state index in [1.54, 1.807) is 18.2 Å². The van der Waals surface area contributed by atoms with Crippen molar-refractivity contribution in [1.29, 1.82) is 0 Å². The molecule has 0 aromatic heterocycles. The molecule has 1 aromatic carbocycles. The summed E-state index contributed by atoms with van der Waals surface area (Å²) in [6, 6.07) is 7.23. The van der Waals surface area contributed by atoms with Gasteiger partial charge in [-0.25, -0.2) is 0 Å². The number of rotatable bonds is 7. The van der Waals surface area contributed by atoms with Crippen LogP contribution in [0.2, 0.25) is 0 Å². The highest BCUT2D eigenvalue weighted by molar-refractivity contribution is 6.25. The largest absolute Gasteiger partial charge is 0.494 e. The zero-order valence-corrected chi connectivity index (χ0v) is 13.8. The Hall–Kier alpha value is -2.69. The number of carbonyl (C=O) groups is 3. The molecule has 0 aliphatic carbocycles. The third-order valence-corrected chi connectivity index (χ3v) is 3.50. The van der Waals surface area contributed by atoms with Gasteiger partial charge in [-0.05, 0) is 37.1 Å². The molecule has 1 aliphatic rings. The summed E-state index contributed by atoms with van der Waals surface area (Å²) in [7, 11) is 0. The predicted molar refractivity (Wildman–Crippen MR) is 89.2 cm³/mol. The molecular weight excluding hydrogens is 308 g/mol. The van der Waals surface area contributed by atoms with E-state index in [2.05, 4.69) is 6.92 Å². The van der Waals surface area contributed by atoms with E-state index >= 15 is 0 Å². The number of ether oxygens (including phenoxy) is 2. The summed E-state index contributed by atoms with van der Waals surface area (Å²) in [6.45, 7) is 4.26. The molecule has 0 bridgehead atoms. The van der Waals surface area contributed by atoms with Gasteiger partial charge in [0.1, 0.15) is 11.5 Å². The Bertz CT molecular complexity index is 682. The second-order valence-corrected chi connectivity index (χ2v) is 5.52. The molecule has 2 rings (SSSR count). The van der Waals surface area contributed by atoms with Gasteiger partial charge in [0, 0.05) is 6.08 Å². The van der Waals surface area contributed by atoms with Crippen LogP contribution >= 0.6 is 0 Å². The minimum Gasteiger partial charge on any atom is -0.494 e. The van der Waals surface area contributed by atoms with Gasteiger partial charge in [0.25, 0.3) is 0 Å². The number of benzene rings is 1. The maximum absolute atomic E-state index is 12.1. The van der Waals surface area contributed by atoms with Crippen LogP contribution in [0.3, 0.4) is 0 Å². The van der Waals surface area contributed by atoms with Gasteiger partial charge in [0.15, 0.2) is 17.5 Å². The van der Waals surface area contributed by atoms with Gasteiger partial charge < -0.3 is 9.47 Å². The Morgan fingerprint density at radius 3 is 2.58 bits per heavy atom. The number of hydrogen-bond donors (Lipinski definition) is 0. The lowest BCUT2D eigenvalue weighted by Gasteiger charge is -2.15. The van der Waals surface area contributed by atoms with Crippen LogP contribution in [0.1, 0.15) is 32.3 Å². The van der Waals surface area contributed by atoms with Crippen molar-refractivity contribution >= 4 is 23.6 Å². The summed E-state index contributed by atoms with van der Waals surface area (Å²) < 4.78 is 10.4. The van der Waals surface area contributed by atoms with E-state index in [1.165, 1.54) is 19.1 Å². The number of unbranched alkanes of at least 4 members (excludes halogenated alkanes) is 1. The molecule has 24 heavy (non-hydrogen) atoms. The van der Waals surface area contributed by atoms with E-state index < -0.39 is 23.5 Å². The van der Waals surface area contributed by atoms with Crippen LogP contribution < -0.4 is 4.74 Å². The molecule has 0 spiro atoms. The zero-order valence-electron chi connectivity index (χ0n) is 13.8. The average Bonchev–Trinajstić information content (AvgIpc) is 2.53. The summed E-state index contributed by atoms with van der Waals surface area (Å²) >= 11 is 0. The Labute approximate surface area is 141 Å². The van der Waals surface area contributed by atoms with E-state index in [-0.39, 0.29) is 5.76 Å². The molecule has 0 N–H and O–H groups in total. The number of hydrogen-bond acceptors (Lipinski definition) is 5. The molecule has 1 heterocycles. The second kappa shape index (κ2) is 8.24. The van der Waals surface area contributed by atoms with E-state index in [4.69, 9.17) is 9.47 Å². The fourth-order valence-electron chi connectivity index (χ4n) is 2.19. The third kappa shape index (κ3) is 4.65. The van der Waals surface area contributed by atoms with Crippen molar-refractivity contribution in [2.75, 3.05) is 6.61 Å². The van der Waals surface area contributed by atoms with Crippen LogP contribution in [-0.2, 0) is 19.1 Å². The number of allylic oxidation sites excluding steroid dienone is 3. The van der Waals surface area contributed by atoms with E-state index in [0.717, 1.165) is 24.2 Å². The summed E-state index contributed by atoms with van der Waals surface area (Å²) in [5, 5.41) is 0. The standard InChI is InChI=1S/C19H20O5/c1-3-4-11-23-15-8-5-14(6-9-15)7-10-16(20)18-17(21)12-13(2)24-19(18)22/h5-10,12,18H,3-4,11H2,1-2H3/b10-7+. The van der Waals surface area contributed by atoms with Crippen molar-refractivity contribution < 1.29 is 23.9 Å². The van der Waals surface area contributed by atoms with Gasteiger partial charge in [0.05, 0.1) is 6.61 Å². The Balaban J connectivity index is 1.98. The van der Waals surface area contributed by atoms with Crippen molar-refractivity contribution in [1.82, 2.24) is 0 Å². The molecule has 0 radical (unpaired) electrons. The monoisotopic (exact) mass is 328 g/mol. The van der Waals surface area contributed by atoms with Crippen LogP contribution in [0.5, 0.6) is 5.75 Å². The number of carbonyl (C=O) groups excluding carboxylic acids is 3. The quantitative estimate of drug-likeness (QED) is 0.333. The minimum absolute atomic E-state index is 0.205. The number of ketones is 2. The average molecular weight is 328 g/mol. The summed E-state index contributed by atoms with van der Waals surface area (Å²) in [6.07, 6.45) is 6.02. The molecule has 5 heteroatoms. The van der Waals surface area contributed by atoms with Gasteiger partial charge in [-0.1, -0.05) is 31.6 Å². The fourth-order valence-corrected chi connectivity index (χ4v) is 2.19. The molecule has 5 nitrogen and oxygen atoms in total. The molecule has 0 saturated carbocycles. The number of esters is 1. The highest BCUT2D eigenvalue weighted by atomic mass is 16.5. The Morgan fingerprint density at radius 2 is 1.96 bits per heavy atom. The lowest BCUT2D eigenvalue weighted by atomic mass is 9.96. The summed E-state index contributed by atoms with van der Waals surface area (Å²) in [5.41, 5.74) is 0.773. The smallest absolute Gasteiger partial charge is 0.329 e. The molecule has 1 aromatic rings. The van der Waals surface area contributed by atoms with E-state index in [9.17, 15) is 14.4 Å². The first-order valence-electron chi connectivity index (χ1n) is 7.90. The topological polar surface area (TPSA) is 69.7 Å². The third-order valence-electron chi connectivity index (χ3n) is 3.50. The van der Waals surface area contributed by atoms with Gasteiger partial charge in [-0.15, -0.1) is 0 Å². The van der Waals surface area contributed by atoms with Crippen LogP contribution in [-0.4, -0.2) is 24.1 Å². The van der Waals surface area contributed by atoms with E-state index in [0.29, 0.717) is 6.61 Å². The first-order chi connectivity index (χ1) is 11.5. The van der Waals surface area contributed by atoms with Gasteiger partial charge in [0.2, 0.25) is 0 Å². The number of cyclic esters (lactones) is 1. The maximum Gasteiger partial charge on any atom is 0.329 e. The molecule has 1 atom stereocenters. The first-order valence-corrected chi connectivity index (χ1v) is 7.90. The Kier molecular flexibility index (Phi) is 6.07. The molecule has 1 unspecified atom stereocenters. The summed E-state index contributed by atoms with van der Waals surface area (Å²) in [5.74, 6) is -2.39. The van der Waals surface area contributed by atoms with Crippen LogP contribution in [0, 0.1) is 5.92 Å². The fraction of sp³-hybridized carbons (Fsp3) is 0.316.